The number of nitrogens with two attached hydrogens (primary N) is 1. The first-order valence-corrected chi connectivity index (χ1v) is 4.50. The summed E-state index contributed by atoms with van der Waals surface area (Å²) < 4.78 is 13.2. The Morgan fingerprint density at radius 3 is 2.53 bits per heavy atom. The summed E-state index contributed by atoms with van der Waals surface area (Å²) >= 11 is 0. The first-order chi connectivity index (χ1) is 7.16. The van der Waals surface area contributed by atoms with Gasteiger partial charge in [-0.2, -0.15) is 10.2 Å². The maximum atomic E-state index is 13.2. The van der Waals surface area contributed by atoms with Crippen molar-refractivity contribution >= 4 is 5.69 Å². The molecule has 3 nitrogen and oxygen atoms in total. The molecule has 2 N–H and O–H groups in total. The molecule has 2 aromatic rings. The Kier molecular flexibility index (Phi) is 2.33. The molecule has 1 aromatic carbocycles. The summed E-state index contributed by atoms with van der Waals surface area (Å²) in [5.41, 5.74) is 8.50. The van der Waals surface area contributed by atoms with Crippen molar-refractivity contribution in [3.63, 3.8) is 0 Å². The van der Waals surface area contributed by atoms with Crippen LogP contribution in [0.1, 0.15) is 5.56 Å². The highest BCUT2D eigenvalue weighted by Gasteiger charge is 2.05. The standard InChI is InChI=1S/C11H10FN3/c1-7-2-8(4-9(12)3-7)10-5-14-15-6-11(10)13/h2-6H,1H3,(H2,13,14). The van der Waals surface area contributed by atoms with Crippen molar-refractivity contribution in [3.05, 3.63) is 42.0 Å². The number of nitrogen functional groups attached to an aromatic ring is 1. The fraction of sp³-hybridized carbons (Fsp3) is 0.0909. The second kappa shape index (κ2) is 3.65. The maximum Gasteiger partial charge on any atom is 0.124 e. The monoisotopic (exact) mass is 203 g/mol. The summed E-state index contributed by atoms with van der Waals surface area (Å²) in [6, 6.07) is 4.76. The zero-order valence-electron chi connectivity index (χ0n) is 8.24. The van der Waals surface area contributed by atoms with Gasteiger partial charge in [-0.1, -0.05) is 6.07 Å². The van der Waals surface area contributed by atoms with Crippen LogP contribution in [0.25, 0.3) is 11.1 Å². The number of benzene rings is 1. The van der Waals surface area contributed by atoms with E-state index in [4.69, 9.17) is 5.73 Å². The highest BCUT2D eigenvalue weighted by atomic mass is 19.1. The van der Waals surface area contributed by atoms with Crippen molar-refractivity contribution in [2.45, 2.75) is 6.92 Å². The summed E-state index contributed by atoms with van der Waals surface area (Å²) in [4.78, 5) is 0. The molecule has 1 heterocycles. The van der Waals surface area contributed by atoms with E-state index in [0.29, 0.717) is 11.3 Å². The number of anilines is 1. The molecule has 4 heteroatoms. The molecule has 2 rings (SSSR count). The van der Waals surface area contributed by atoms with Crippen LogP contribution in [0.3, 0.4) is 0 Å². The first kappa shape index (κ1) is 9.58. The molecular weight excluding hydrogens is 193 g/mol. The van der Waals surface area contributed by atoms with Gasteiger partial charge in [-0.3, -0.25) is 0 Å². The highest BCUT2D eigenvalue weighted by Crippen LogP contribution is 2.25. The van der Waals surface area contributed by atoms with Crippen molar-refractivity contribution in [1.29, 1.82) is 0 Å². The largest absolute Gasteiger partial charge is 0.397 e. The molecule has 0 saturated heterocycles. The molecule has 15 heavy (non-hydrogen) atoms. The minimum Gasteiger partial charge on any atom is -0.397 e. The van der Waals surface area contributed by atoms with E-state index in [1.807, 2.05) is 13.0 Å². The maximum absolute atomic E-state index is 13.2. The van der Waals surface area contributed by atoms with Crippen molar-refractivity contribution in [3.8, 4) is 11.1 Å². The van der Waals surface area contributed by atoms with Gasteiger partial charge < -0.3 is 5.73 Å². The van der Waals surface area contributed by atoms with Crippen LogP contribution >= 0.6 is 0 Å². The quantitative estimate of drug-likeness (QED) is 0.772. The van der Waals surface area contributed by atoms with Crippen LogP contribution in [0.4, 0.5) is 10.1 Å². The lowest BCUT2D eigenvalue weighted by Crippen LogP contribution is -1.94. The van der Waals surface area contributed by atoms with Gasteiger partial charge in [0.15, 0.2) is 0 Å². The lowest BCUT2D eigenvalue weighted by Gasteiger charge is -2.05. The topological polar surface area (TPSA) is 51.8 Å². The summed E-state index contributed by atoms with van der Waals surface area (Å²) in [6.45, 7) is 1.83. The van der Waals surface area contributed by atoms with Crippen LogP contribution in [-0.2, 0) is 0 Å². The van der Waals surface area contributed by atoms with Gasteiger partial charge in [0.05, 0.1) is 18.1 Å². The molecule has 0 saturated carbocycles. The number of rotatable bonds is 1. The van der Waals surface area contributed by atoms with Crippen LogP contribution in [0, 0.1) is 12.7 Å². The third-order valence-corrected chi connectivity index (χ3v) is 2.11. The van der Waals surface area contributed by atoms with Gasteiger partial charge in [0.2, 0.25) is 0 Å². The summed E-state index contributed by atoms with van der Waals surface area (Å²) in [5.74, 6) is -0.277. The Labute approximate surface area is 86.8 Å². The second-order valence-corrected chi connectivity index (χ2v) is 3.38. The second-order valence-electron chi connectivity index (χ2n) is 3.38. The molecule has 0 radical (unpaired) electrons. The van der Waals surface area contributed by atoms with Crippen molar-refractivity contribution in [2.24, 2.45) is 0 Å². The fourth-order valence-electron chi connectivity index (χ4n) is 1.46. The minimum atomic E-state index is -0.277. The average Bonchev–Trinajstić information content (AvgIpc) is 2.16. The van der Waals surface area contributed by atoms with E-state index in [1.165, 1.54) is 24.5 Å². The molecule has 0 atom stereocenters. The molecule has 0 bridgehead atoms. The molecular formula is C11H10FN3. The summed E-state index contributed by atoms with van der Waals surface area (Å²) in [5, 5.41) is 7.38. The van der Waals surface area contributed by atoms with E-state index in [-0.39, 0.29) is 5.82 Å². The molecule has 76 valence electrons. The van der Waals surface area contributed by atoms with E-state index in [0.717, 1.165) is 11.1 Å². The van der Waals surface area contributed by atoms with Crippen LogP contribution in [0.2, 0.25) is 0 Å². The number of aromatic nitrogens is 2. The third kappa shape index (κ3) is 1.93. The van der Waals surface area contributed by atoms with E-state index in [1.54, 1.807) is 0 Å². The SMILES string of the molecule is Cc1cc(F)cc(-c2cnncc2N)c1. The number of hydrogen-bond donors (Lipinski definition) is 1. The van der Waals surface area contributed by atoms with Crippen LogP contribution < -0.4 is 5.73 Å². The molecule has 0 spiro atoms. The van der Waals surface area contributed by atoms with Crippen molar-refractivity contribution < 1.29 is 4.39 Å². The zero-order valence-corrected chi connectivity index (χ0v) is 8.24. The fourth-order valence-corrected chi connectivity index (χ4v) is 1.46. The molecule has 0 aliphatic carbocycles. The Bertz CT molecular complexity index is 477. The lowest BCUT2D eigenvalue weighted by atomic mass is 10.0. The van der Waals surface area contributed by atoms with E-state index < -0.39 is 0 Å². The van der Waals surface area contributed by atoms with E-state index in [2.05, 4.69) is 10.2 Å². The Hall–Kier alpha value is -1.97. The molecule has 1 aromatic heterocycles. The van der Waals surface area contributed by atoms with Crippen molar-refractivity contribution in [2.75, 3.05) is 5.73 Å². The van der Waals surface area contributed by atoms with Gasteiger partial charge in [0.1, 0.15) is 5.82 Å². The predicted molar refractivity (Wildman–Crippen MR) is 56.6 cm³/mol. The van der Waals surface area contributed by atoms with Crippen molar-refractivity contribution in [1.82, 2.24) is 10.2 Å². The number of halogens is 1. The summed E-state index contributed by atoms with van der Waals surface area (Å²) in [7, 11) is 0. The van der Waals surface area contributed by atoms with Gasteiger partial charge in [-0.05, 0) is 30.2 Å². The Balaban J connectivity index is 2.59. The minimum absolute atomic E-state index is 0.277. The first-order valence-electron chi connectivity index (χ1n) is 4.50. The third-order valence-electron chi connectivity index (χ3n) is 2.11. The number of aryl methyl sites for hydroxylation is 1. The summed E-state index contributed by atoms with van der Waals surface area (Å²) in [6.07, 6.45) is 2.99. The number of hydrogen-bond acceptors (Lipinski definition) is 3. The van der Waals surface area contributed by atoms with Gasteiger partial charge in [0, 0.05) is 5.56 Å². The molecule has 0 aliphatic rings. The van der Waals surface area contributed by atoms with Crippen LogP contribution in [0.15, 0.2) is 30.6 Å². The molecule has 0 fully saturated rings. The zero-order chi connectivity index (χ0) is 10.8. The predicted octanol–water partition coefficient (Wildman–Crippen LogP) is 2.17. The molecule has 0 amide bonds. The number of nitrogens with zero attached hydrogens (tertiary/aromatic N) is 2. The smallest absolute Gasteiger partial charge is 0.124 e. The van der Waals surface area contributed by atoms with Gasteiger partial charge in [0.25, 0.3) is 0 Å². The Morgan fingerprint density at radius 1 is 1.13 bits per heavy atom. The average molecular weight is 203 g/mol. The van der Waals surface area contributed by atoms with Gasteiger partial charge in [-0.15, -0.1) is 0 Å². The van der Waals surface area contributed by atoms with Gasteiger partial charge in [-0.25, -0.2) is 4.39 Å². The molecule has 0 aliphatic heterocycles. The van der Waals surface area contributed by atoms with Gasteiger partial charge >= 0.3 is 0 Å². The van der Waals surface area contributed by atoms with E-state index in [9.17, 15) is 4.39 Å². The van der Waals surface area contributed by atoms with Crippen LogP contribution in [-0.4, -0.2) is 10.2 Å². The van der Waals surface area contributed by atoms with Crippen LogP contribution in [0.5, 0.6) is 0 Å². The Morgan fingerprint density at radius 2 is 1.87 bits per heavy atom. The molecule has 0 unspecified atom stereocenters. The normalized spacial score (nSPS) is 10.3. The highest BCUT2D eigenvalue weighted by molar-refractivity contribution is 5.74. The van der Waals surface area contributed by atoms with E-state index >= 15 is 0 Å². The lowest BCUT2D eigenvalue weighted by molar-refractivity contribution is 0.627.